The molecule has 0 fully saturated rings. The predicted molar refractivity (Wildman–Crippen MR) is 124 cm³/mol. The summed E-state index contributed by atoms with van der Waals surface area (Å²) < 4.78 is 0. The lowest BCUT2D eigenvalue weighted by atomic mass is 9.90. The molecule has 32 heavy (non-hydrogen) atoms. The summed E-state index contributed by atoms with van der Waals surface area (Å²) in [5.74, 6) is -0.580. The normalized spacial score (nSPS) is 16.7. The fraction of sp³-hybridized carbons (Fsp3) is 0.542. The van der Waals surface area contributed by atoms with Crippen LogP contribution < -0.4 is 16.5 Å². The molecule has 1 aromatic carbocycles. The molecule has 0 radical (unpaired) electrons. The number of amides is 2. The highest BCUT2D eigenvalue weighted by molar-refractivity contribution is 5.89. The van der Waals surface area contributed by atoms with E-state index in [2.05, 4.69) is 63.8 Å². The van der Waals surface area contributed by atoms with Gasteiger partial charge in [-0.3, -0.25) is 9.59 Å². The number of nitrogens with two attached hydrogens (primary N) is 1. The zero-order valence-corrected chi connectivity index (χ0v) is 19.1. The summed E-state index contributed by atoms with van der Waals surface area (Å²) >= 11 is 0. The highest BCUT2D eigenvalue weighted by Gasteiger charge is 2.32. The van der Waals surface area contributed by atoms with Crippen molar-refractivity contribution in [2.45, 2.75) is 71.0 Å². The first-order valence-electron chi connectivity index (χ1n) is 11.7. The number of hydrogen-bond donors (Lipinski definition) is 4. The van der Waals surface area contributed by atoms with Crippen LogP contribution in [0.4, 0.5) is 0 Å². The van der Waals surface area contributed by atoms with Gasteiger partial charge in [-0.2, -0.15) is 0 Å². The first-order chi connectivity index (χ1) is 15.5. The lowest BCUT2D eigenvalue weighted by Gasteiger charge is -2.36. The molecule has 5 N–H and O–H groups in total. The minimum absolute atomic E-state index is 0.160. The third-order valence-corrected chi connectivity index (χ3v) is 6.30. The summed E-state index contributed by atoms with van der Waals surface area (Å²) in [6, 6.07) is 7.20. The van der Waals surface area contributed by atoms with Crippen molar-refractivity contribution in [3.8, 4) is 0 Å². The van der Waals surface area contributed by atoms with Crippen LogP contribution in [0.15, 0.2) is 36.8 Å². The quantitative estimate of drug-likeness (QED) is 0.403. The number of carbonyl (C=O) groups is 2. The number of unbranched alkanes of at least 4 members (excludes halogenated alkanes) is 1. The minimum Gasteiger partial charge on any atom is -0.368 e. The first kappa shape index (κ1) is 23.9. The van der Waals surface area contributed by atoms with E-state index < -0.39 is 18.0 Å². The van der Waals surface area contributed by atoms with Gasteiger partial charge in [-0.05, 0) is 29.9 Å². The number of nitrogens with one attached hydrogen (secondary N) is 3. The predicted octanol–water partition coefficient (Wildman–Crippen LogP) is 2.07. The number of hydrazine groups is 1. The summed E-state index contributed by atoms with van der Waals surface area (Å²) in [6.07, 6.45) is 8.36. The van der Waals surface area contributed by atoms with Gasteiger partial charge in [0.2, 0.25) is 11.8 Å². The standard InChI is InChI=1S/C24H36N6O2/c1-3-5-8-17(4-2)22(29-30-12-11-18-9-6-7-10-19(18)15-30)24(32)28-21(23(25)31)13-20-14-26-16-27-20/h6-7,9-10,14,16-17,21-22,29H,3-5,8,11-13,15H2,1-2H3,(H2,25,31)(H,26,27)(H,28,32). The highest BCUT2D eigenvalue weighted by atomic mass is 16.2. The van der Waals surface area contributed by atoms with Crippen LogP contribution in [-0.2, 0) is 29.0 Å². The van der Waals surface area contributed by atoms with Crippen molar-refractivity contribution in [3.05, 3.63) is 53.6 Å². The molecule has 1 aromatic heterocycles. The largest absolute Gasteiger partial charge is 0.368 e. The number of imidazole rings is 1. The molecule has 1 aliphatic rings. The van der Waals surface area contributed by atoms with E-state index in [1.165, 1.54) is 11.1 Å². The second kappa shape index (κ2) is 11.8. The Hall–Kier alpha value is -2.71. The molecule has 3 rings (SSSR count). The van der Waals surface area contributed by atoms with E-state index in [9.17, 15) is 9.59 Å². The van der Waals surface area contributed by atoms with Crippen LogP contribution in [0.25, 0.3) is 0 Å². The van der Waals surface area contributed by atoms with Gasteiger partial charge in [-0.25, -0.2) is 15.4 Å². The third kappa shape index (κ3) is 6.40. The number of primary amides is 1. The molecular weight excluding hydrogens is 404 g/mol. The van der Waals surface area contributed by atoms with Crippen LogP contribution in [0, 0.1) is 5.92 Å². The van der Waals surface area contributed by atoms with Crippen LogP contribution >= 0.6 is 0 Å². The zero-order chi connectivity index (χ0) is 22.9. The molecule has 0 bridgehead atoms. The Morgan fingerprint density at radius 1 is 1.25 bits per heavy atom. The molecule has 3 atom stereocenters. The van der Waals surface area contributed by atoms with Crippen molar-refractivity contribution in [1.29, 1.82) is 0 Å². The highest BCUT2D eigenvalue weighted by Crippen LogP contribution is 2.21. The Morgan fingerprint density at radius 3 is 2.69 bits per heavy atom. The molecule has 2 aromatic rings. The van der Waals surface area contributed by atoms with Crippen LogP contribution in [0.3, 0.4) is 0 Å². The van der Waals surface area contributed by atoms with E-state index in [4.69, 9.17) is 5.73 Å². The van der Waals surface area contributed by atoms with E-state index in [0.717, 1.165) is 50.9 Å². The zero-order valence-electron chi connectivity index (χ0n) is 19.1. The minimum atomic E-state index is -0.794. The Morgan fingerprint density at radius 2 is 2.03 bits per heavy atom. The molecule has 1 aliphatic heterocycles. The molecule has 2 amide bonds. The van der Waals surface area contributed by atoms with Gasteiger partial charge in [0.1, 0.15) is 12.1 Å². The summed E-state index contributed by atoms with van der Waals surface area (Å²) in [4.78, 5) is 32.4. The van der Waals surface area contributed by atoms with E-state index in [1.54, 1.807) is 12.5 Å². The molecule has 8 heteroatoms. The average molecular weight is 441 g/mol. The fourth-order valence-electron chi connectivity index (χ4n) is 4.35. The SMILES string of the molecule is CCCCC(CC)C(NN1CCc2ccccc2C1)C(=O)NC(Cc1cnc[nH]1)C(N)=O. The average Bonchev–Trinajstić information content (AvgIpc) is 3.31. The summed E-state index contributed by atoms with van der Waals surface area (Å²) in [5, 5.41) is 5.04. The van der Waals surface area contributed by atoms with Crippen LogP contribution in [0.1, 0.15) is 56.4 Å². The second-order valence-electron chi connectivity index (χ2n) is 8.60. The van der Waals surface area contributed by atoms with Gasteiger partial charge in [-0.1, -0.05) is 57.4 Å². The van der Waals surface area contributed by atoms with Crippen LogP contribution in [-0.4, -0.2) is 45.4 Å². The molecular formula is C24H36N6O2. The number of hydrogen-bond acceptors (Lipinski definition) is 5. The van der Waals surface area contributed by atoms with Crippen molar-refractivity contribution < 1.29 is 9.59 Å². The van der Waals surface area contributed by atoms with Crippen LogP contribution in [0.2, 0.25) is 0 Å². The molecule has 8 nitrogen and oxygen atoms in total. The Balaban J connectivity index is 1.73. The molecule has 0 saturated carbocycles. The molecule has 0 saturated heterocycles. The third-order valence-electron chi connectivity index (χ3n) is 6.30. The number of aromatic nitrogens is 2. The number of nitrogens with zero attached hydrogens (tertiary/aromatic N) is 2. The van der Waals surface area contributed by atoms with Crippen molar-refractivity contribution >= 4 is 11.8 Å². The fourth-order valence-corrected chi connectivity index (χ4v) is 4.35. The molecule has 2 heterocycles. The maximum atomic E-state index is 13.4. The Labute approximate surface area is 190 Å². The first-order valence-corrected chi connectivity index (χ1v) is 11.7. The Bertz CT molecular complexity index is 869. The summed E-state index contributed by atoms with van der Waals surface area (Å²) in [7, 11) is 0. The smallest absolute Gasteiger partial charge is 0.240 e. The van der Waals surface area contributed by atoms with Crippen molar-refractivity contribution in [3.63, 3.8) is 0 Å². The number of rotatable bonds is 12. The van der Waals surface area contributed by atoms with Gasteiger partial charge in [0.15, 0.2) is 0 Å². The van der Waals surface area contributed by atoms with Gasteiger partial charge in [0.05, 0.1) is 6.33 Å². The maximum absolute atomic E-state index is 13.4. The molecule has 0 aliphatic carbocycles. The van der Waals surface area contributed by atoms with Gasteiger partial charge < -0.3 is 16.0 Å². The van der Waals surface area contributed by atoms with Gasteiger partial charge >= 0.3 is 0 Å². The Kier molecular flexibility index (Phi) is 8.81. The molecule has 0 spiro atoms. The van der Waals surface area contributed by atoms with E-state index in [-0.39, 0.29) is 18.2 Å². The molecule has 3 unspecified atom stereocenters. The van der Waals surface area contributed by atoms with Crippen LogP contribution in [0.5, 0.6) is 0 Å². The number of benzene rings is 1. The second-order valence-corrected chi connectivity index (χ2v) is 8.60. The monoisotopic (exact) mass is 440 g/mol. The van der Waals surface area contributed by atoms with Gasteiger partial charge in [-0.15, -0.1) is 0 Å². The number of H-pyrrole nitrogens is 1. The van der Waals surface area contributed by atoms with E-state index in [0.29, 0.717) is 0 Å². The summed E-state index contributed by atoms with van der Waals surface area (Å²) in [5.41, 5.74) is 12.5. The van der Waals surface area contributed by atoms with E-state index in [1.807, 2.05) is 0 Å². The molecule has 174 valence electrons. The lowest BCUT2D eigenvalue weighted by Crippen LogP contribution is -2.59. The van der Waals surface area contributed by atoms with Crippen molar-refractivity contribution in [2.24, 2.45) is 11.7 Å². The number of aromatic amines is 1. The van der Waals surface area contributed by atoms with Gasteiger partial charge in [0.25, 0.3) is 0 Å². The lowest BCUT2D eigenvalue weighted by molar-refractivity contribution is -0.131. The number of carbonyl (C=O) groups excluding carboxylic acids is 2. The van der Waals surface area contributed by atoms with Gasteiger partial charge in [0, 0.05) is 31.4 Å². The maximum Gasteiger partial charge on any atom is 0.240 e. The van der Waals surface area contributed by atoms with Crippen molar-refractivity contribution in [1.82, 2.24) is 25.7 Å². The summed E-state index contributed by atoms with van der Waals surface area (Å²) in [6.45, 7) is 5.85. The number of fused-ring (bicyclic) bond motifs is 1. The van der Waals surface area contributed by atoms with Crippen molar-refractivity contribution in [2.75, 3.05) is 6.54 Å². The van der Waals surface area contributed by atoms with E-state index >= 15 is 0 Å². The topological polar surface area (TPSA) is 116 Å².